The molecule has 3 nitrogen and oxygen atoms in total. The third-order valence-electron chi connectivity index (χ3n) is 1.91. The van der Waals surface area contributed by atoms with Crippen LogP contribution in [0, 0.1) is 5.82 Å². The van der Waals surface area contributed by atoms with Gasteiger partial charge in [0, 0.05) is 0 Å². The molecule has 80 valence electrons. The zero-order valence-corrected chi connectivity index (χ0v) is 8.54. The molecule has 0 spiro atoms. The zero-order valence-electron chi connectivity index (χ0n) is 8.54. The van der Waals surface area contributed by atoms with E-state index in [4.69, 9.17) is 4.74 Å². The molecule has 0 aliphatic carbocycles. The van der Waals surface area contributed by atoms with Gasteiger partial charge in [0.25, 0.3) is 0 Å². The molecule has 1 aromatic rings. The molecule has 0 N–H and O–H groups in total. The van der Waals surface area contributed by atoms with Gasteiger partial charge < -0.3 is 4.74 Å². The number of halogens is 1. The van der Waals surface area contributed by atoms with Crippen molar-refractivity contribution in [2.75, 3.05) is 6.61 Å². The fourth-order valence-corrected chi connectivity index (χ4v) is 1.21. The number of benzene rings is 1. The first-order chi connectivity index (χ1) is 7.10. The quantitative estimate of drug-likeness (QED) is 0.565. The predicted molar refractivity (Wildman–Crippen MR) is 53.0 cm³/mol. The van der Waals surface area contributed by atoms with Crippen molar-refractivity contribution in [1.29, 1.82) is 0 Å². The number of carbonyl (C=O) groups excluding carboxylic acids is 2. The highest BCUT2D eigenvalue weighted by molar-refractivity contribution is 5.96. The van der Waals surface area contributed by atoms with Crippen LogP contribution in [0.1, 0.15) is 34.6 Å². The molecule has 1 aromatic carbocycles. The van der Waals surface area contributed by atoms with E-state index in [1.807, 2.05) is 0 Å². The molecule has 0 fully saturated rings. The van der Waals surface area contributed by atoms with Crippen LogP contribution in [0.15, 0.2) is 12.1 Å². The van der Waals surface area contributed by atoms with Crippen LogP contribution in [0.25, 0.3) is 0 Å². The fourth-order valence-electron chi connectivity index (χ4n) is 1.21. The summed E-state index contributed by atoms with van der Waals surface area (Å²) >= 11 is 0. The molecular weight excluding hydrogens is 199 g/mol. The Kier molecular flexibility index (Phi) is 3.55. The highest BCUT2D eigenvalue weighted by atomic mass is 19.1. The van der Waals surface area contributed by atoms with Gasteiger partial charge in [0.2, 0.25) is 0 Å². The van der Waals surface area contributed by atoms with Gasteiger partial charge in [-0.05, 0) is 26.0 Å². The van der Waals surface area contributed by atoms with Gasteiger partial charge in [-0.2, -0.15) is 0 Å². The number of carbonyl (C=O) groups is 2. The minimum atomic E-state index is -0.701. The summed E-state index contributed by atoms with van der Waals surface area (Å²) in [5, 5.41) is 0. The number of hydrogen-bond acceptors (Lipinski definition) is 3. The van der Waals surface area contributed by atoms with E-state index in [2.05, 4.69) is 0 Å². The number of aldehydes is 1. The van der Waals surface area contributed by atoms with Crippen molar-refractivity contribution in [3.05, 3.63) is 29.1 Å². The zero-order chi connectivity index (χ0) is 11.4. The summed E-state index contributed by atoms with van der Waals surface area (Å²) in [5.41, 5.74) is 0.0448. The third kappa shape index (κ3) is 2.40. The Hall–Kier alpha value is -1.71. The summed E-state index contributed by atoms with van der Waals surface area (Å²) in [6.07, 6.45) is 0.498. The van der Waals surface area contributed by atoms with E-state index in [0.717, 1.165) is 6.07 Å². The molecule has 0 bridgehead atoms. The Morgan fingerprint density at radius 1 is 1.53 bits per heavy atom. The SMILES string of the molecule is CCOc1cc(C(C)=O)c(F)cc1C=O. The molecule has 0 aromatic heterocycles. The average Bonchev–Trinajstić information content (AvgIpc) is 2.20. The standard InChI is InChI=1S/C11H11FO3/c1-3-15-11-5-9(7(2)14)10(12)4-8(11)6-13/h4-6H,3H2,1-2H3. The van der Waals surface area contributed by atoms with Gasteiger partial charge in [-0.25, -0.2) is 4.39 Å². The molecule has 0 unspecified atom stereocenters. The Labute approximate surface area is 86.9 Å². The fraction of sp³-hybridized carbons (Fsp3) is 0.273. The lowest BCUT2D eigenvalue weighted by Crippen LogP contribution is -2.03. The van der Waals surface area contributed by atoms with Crippen LogP contribution in [0.3, 0.4) is 0 Å². The van der Waals surface area contributed by atoms with Crippen molar-refractivity contribution in [1.82, 2.24) is 0 Å². The smallest absolute Gasteiger partial charge is 0.162 e. The van der Waals surface area contributed by atoms with Crippen molar-refractivity contribution < 1.29 is 18.7 Å². The van der Waals surface area contributed by atoms with E-state index in [9.17, 15) is 14.0 Å². The topological polar surface area (TPSA) is 43.4 Å². The number of ether oxygens (including phenoxy) is 1. The van der Waals surface area contributed by atoms with Gasteiger partial charge in [-0.3, -0.25) is 9.59 Å². The van der Waals surface area contributed by atoms with Crippen LogP contribution in [-0.2, 0) is 0 Å². The normalized spacial score (nSPS) is 9.80. The van der Waals surface area contributed by atoms with Gasteiger partial charge in [0.05, 0.1) is 17.7 Å². The summed E-state index contributed by atoms with van der Waals surface area (Å²) in [6, 6.07) is 2.26. The Bertz CT molecular complexity index is 399. The minimum absolute atomic E-state index is 0.0657. The summed E-state index contributed by atoms with van der Waals surface area (Å²) in [7, 11) is 0. The molecule has 0 aliphatic heterocycles. The monoisotopic (exact) mass is 210 g/mol. The number of hydrogen-bond donors (Lipinski definition) is 0. The Morgan fingerprint density at radius 2 is 2.20 bits per heavy atom. The van der Waals surface area contributed by atoms with Crippen molar-refractivity contribution in [3.63, 3.8) is 0 Å². The maximum Gasteiger partial charge on any atom is 0.162 e. The van der Waals surface area contributed by atoms with Crippen molar-refractivity contribution in [3.8, 4) is 5.75 Å². The Morgan fingerprint density at radius 3 is 2.67 bits per heavy atom. The van der Waals surface area contributed by atoms with Gasteiger partial charge in [-0.15, -0.1) is 0 Å². The molecule has 1 rings (SSSR count). The van der Waals surface area contributed by atoms with E-state index in [-0.39, 0.29) is 16.9 Å². The van der Waals surface area contributed by atoms with Crippen molar-refractivity contribution >= 4 is 12.1 Å². The molecule has 0 heterocycles. The lowest BCUT2D eigenvalue weighted by molar-refractivity contribution is 0.101. The molecule has 0 radical (unpaired) electrons. The second-order valence-electron chi connectivity index (χ2n) is 2.98. The third-order valence-corrected chi connectivity index (χ3v) is 1.91. The molecule has 15 heavy (non-hydrogen) atoms. The van der Waals surface area contributed by atoms with E-state index in [1.54, 1.807) is 6.92 Å². The summed E-state index contributed by atoms with van der Waals surface area (Å²) < 4.78 is 18.4. The summed E-state index contributed by atoms with van der Waals surface area (Å²) in [5.74, 6) is -0.863. The first-order valence-electron chi connectivity index (χ1n) is 4.52. The van der Waals surface area contributed by atoms with Gasteiger partial charge >= 0.3 is 0 Å². The summed E-state index contributed by atoms with van der Waals surface area (Å²) in [6.45, 7) is 3.35. The first kappa shape index (κ1) is 11.4. The second-order valence-corrected chi connectivity index (χ2v) is 2.98. The molecule has 0 saturated heterocycles. The Balaban J connectivity index is 3.29. The highest BCUT2D eigenvalue weighted by Crippen LogP contribution is 2.22. The van der Waals surface area contributed by atoms with Gasteiger partial charge in [0.15, 0.2) is 12.1 Å². The maximum atomic E-state index is 13.3. The first-order valence-corrected chi connectivity index (χ1v) is 4.52. The maximum absolute atomic E-state index is 13.3. The minimum Gasteiger partial charge on any atom is -0.493 e. The highest BCUT2D eigenvalue weighted by Gasteiger charge is 2.13. The molecule has 0 amide bonds. The van der Waals surface area contributed by atoms with E-state index in [1.165, 1.54) is 13.0 Å². The van der Waals surface area contributed by atoms with Crippen LogP contribution in [-0.4, -0.2) is 18.7 Å². The number of ketones is 1. The number of rotatable bonds is 4. The van der Waals surface area contributed by atoms with Crippen LogP contribution in [0.5, 0.6) is 5.75 Å². The molecule has 0 atom stereocenters. The van der Waals surface area contributed by atoms with Crippen LogP contribution in [0.4, 0.5) is 4.39 Å². The van der Waals surface area contributed by atoms with Crippen LogP contribution in [0.2, 0.25) is 0 Å². The molecule has 0 saturated carbocycles. The van der Waals surface area contributed by atoms with Gasteiger partial charge in [0.1, 0.15) is 11.6 Å². The summed E-state index contributed by atoms with van der Waals surface area (Å²) in [4.78, 5) is 21.6. The van der Waals surface area contributed by atoms with E-state index < -0.39 is 11.6 Å². The predicted octanol–water partition coefficient (Wildman–Crippen LogP) is 2.24. The van der Waals surface area contributed by atoms with E-state index in [0.29, 0.717) is 12.9 Å². The largest absolute Gasteiger partial charge is 0.493 e. The number of Topliss-reactive ketones (excluding diaryl/α,β-unsaturated/α-hetero) is 1. The second kappa shape index (κ2) is 4.68. The van der Waals surface area contributed by atoms with E-state index >= 15 is 0 Å². The molecule has 4 heteroatoms. The van der Waals surface area contributed by atoms with Crippen molar-refractivity contribution in [2.45, 2.75) is 13.8 Å². The molecular formula is C11H11FO3. The van der Waals surface area contributed by atoms with Crippen molar-refractivity contribution in [2.24, 2.45) is 0 Å². The average molecular weight is 210 g/mol. The van der Waals surface area contributed by atoms with Gasteiger partial charge in [-0.1, -0.05) is 0 Å². The molecule has 0 aliphatic rings. The van der Waals surface area contributed by atoms with Crippen LogP contribution < -0.4 is 4.74 Å². The lowest BCUT2D eigenvalue weighted by Gasteiger charge is -2.08. The lowest BCUT2D eigenvalue weighted by atomic mass is 10.1. The van der Waals surface area contributed by atoms with Crippen LogP contribution >= 0.6 is 0 Å².